The molecule has 1 amide bonds. The van der Waals surface area contributed by atoms with Gasteiger partial charge in [-0.1, -0.05) is 60.7 Å². The number of rotatable bonds is 3. The molecule has 2 N–H and O–H groups in total. The molecule has 5 nitrogen and oxygen atoms in total. The first kappa shape index (κ1) is 18.8. The smallest absolute Gasteiger partial charge is 0.228 e. The van der Waals surface area contributed by atoms with E-state index in [1.807, 2.05) is 24.3 Å². The first-order chi connectivity index (χ1) is 15.0. The number of hydrogen-bond acceptors (Lipinski definition) is 4. The first-order valence-corrected chi connectivity index (χ1v) is 9.85. The zero-order valence-electron chi connectivity index (χ0n) is 16.4. The van der Waals surface area contributed by atoms with Crippen LogP contribution in [0.1, 0.15) is 37.4 Å². The van der Waals surface area contributed by atoms with Gasteiger partial charge in [0.2, 0.25) is 5.91 Å². The summed E-state index contributed by atoms with van der Waals surface area (Å²) in [6, 6.07) is 22.5. The van der Waals surface area contributed by atoms with Crippen LogP contribution in [0.15, 0.2) is 78.9 Å². The Balaban J connectivity index is 1.47. The molecule has 0 unspecified atom stereocenters. The summed E-state index contributed by atoms with van der Waals surface area (Å²) >= 11 is 0. The van der Waals surface area contributed by atoms with Gasteiger partial charge in [0, 0.05) is 22.3 Å². The van der Waals surface area contributed by atoms with Gasteiger partial charge in [0.05, 0.1) is 17.7 Å². The van der Waals surface area contributed by atoms with Crippen LogP contribution in [-0.4, -0.2) is 22.6 Å². The highest BCUT2D eigenvalue weighted by molar-refractivity contribution is 6.30. The number of anilines is 1. The van der Waals surface area contributed by atoms with Gasteiger partial charge in [-0.05, 0) is 29.0 Å². The predicted octanol–water partition coefficient (Wildman–Crippen LogP) is 4.50. The van der Waals surface area contributed by atoms with Crippen LogP contribution in [-0.2, 0) is 11.2 Å². The summed E-state index contributed by atoms with van der Waals surface area (Å²) in [6.07, 6.45) is -0.0704. The van der Waals surface area contributed by atoms with Gasteiger partial charge in [0.15, 0.2) is 11.6 Å². The normalized spacial score (nSPS) is 12.4. The molecule has 0 atom stereocenters. The molecule has 0 radical (unpaired) electrons. The minimum atomic E-state index is -0.391. The molecule has 0 saturated carbocycles. The van der Waals surface area contributed by atoms with Crippen molar-refractivity contribution in [1.29, 1.82) is 0 Å². The molecule has 0 heterocycles. The van der Waals surface area contributed by atoms with Gasteiger partial charge in [-0.3, -0.25) is 14.4 Å². The van der Waals surface area contributed by atoms with Crippen molar-refractivity contribution in [2.24, 2.45) is 0 Å². The van der Waals surface area contributed by atoms with Crippen molar-refractivity contribution in [3.8, 4) is 5.75 Å². The Morgan fingerprint density at radius 1 is 0.742 bits per heavy atom. The molecule has 0 aromatic heterocycles. The van der Waals surface area contributed by atoms with Gasteiger partial charge in [0.1, 0.15) is 5.75 Å². The molecule has 4 aromatic rings. The maximum absolute atomic E-state index is 13.1. The first-order valence-electron chi connectivity index (χ1n) is 9.85. The summed E-state index contributed by atoms with van der Waals surface area (Å²) < 4.78 is 0. The van der Waals surface area contributed by atoms with Crippen molar-refractivity contribution in [2.75, 3.05) is 5.32 Å². The van der Waals surface area contributed by atoms with Crippen LogP contribution >= 0.6 is 0 Å². The third-order valence-electron chi connectivity index (χ3n) is 5.52. The van der Waals surface area contributed by atoms with E-state index in [0.717, 1.165) is 10.8 Å². The summed E-state index contributed by atoms with van der Waals surface area (Å²) in [6.45, 7) is 0. The summed E-state index contributed by atoms with van der Waals surface area (Å²) in [5.74, 6) is -0.898. The molecular weight excluding hydrogens is 390 g/mol. The van der Waals surface area contributed by atoms with Crippen LogP contribution in [0.2, 0.25) is 0 Å². The SMILES string of the molecule is O=C(Cc1cc2ccccc2cc1O)Nc1cccc2c1C(=O)c1ccccc1C2=O. The van der Waals surface area contributed by atoms with Gasteiger partial charge in [0.25, 0.3) is 0 Å². The number of ketones is 2. The highest BCUT2D eigenvalue weighted by Gasteiger charge is 2.31. The van der Waals surface area contributed by atoms with Crippen molar-refractivity contribution in [1.82, 2.24) is 0 Å². The second kappa shape index (κ2) is 7.22. The number of benzene rings is 4. The average molecular weight is 407 g/mol. The third kappa shape index (κ3) is 3.16. The van der Waals surface area contributed by atoms with Crippen LogP contribution in [0, 0.1) is 0 Å². The second-order valence-corrected chi connectivity index (χ2v) is 7.48. The van der Waals surface area contributed by atoms with Crippen molar-refractivity contribution < 1.29 is 19.5 Å². The van der Waals surface area contributed by atoms with Crippen LogP contribution in [0.4, 0.5) is 5.69 Å². The Morgan fingerprint density at radius 2 is 1.35 bits per heavy atom. The number of nitrogens with one attached hydrogen (secondary N) is 1. The lowest BCUT2D eigenvalue weighted by atomic mass is 9.83. The molecular formula is C26H17NO4. The largest absolute Gasteiger partial charge is 0.508 e. The molecule has 0 saturated heterocycles. The van der Waals surface area contributed by atoms with E-state index >= 15 is 0 Å². The third-order valence-corrected chi connectivity index (χ3v) is 5.52. The number of phenols is 1. The van der Waals surface area contributed by atoms with E-state index in [4.69, 9.17) is 0 Å². The molecule has 5 rings (SSSR count). The van der Waals surface area contributed by atoms with E-state index in [1.54, 1.807) is 54.6 Å². The molecule has 150 valence electrons. The van der Waals surface area contributed by atoms with Gasteiger partial charge >= 0.3 is 0 Å². The topological polar surface area (TPSA) is 83.5 Å². The monoisotopic (exact) mass is 407 g/mol. The van der Waals surface area contributed by atoms with Gasteiger partial charge in [-0.2, -0.15) is 0 Å². The fraction of sp³-hybridized carbons (Fsp3) is 0.0385. The highest BCUT2D eigenvalue weighted by Crippen LogP contribution is 2.32. The maximum atomic E-state index is 13.1. The standard InChI is InChI=1S/C26H17NO4/c28-22-13-16-7-2-1-6-15(16)12-17(22)14-23(29)27-21-11-5-10-20-24(21)26(31)19-9-4-3-8-18(19)25(20)30/h1-13,28H,14H2,(H,27,29). The number of phenolic OH excluding ortho intramolecular Hbond substituents is 1. The second-order valence-electron chi connectivity index (χ2n) is 7.48. The summed E-state index contributed by atoms with van der Waals surface area (Å²) in [5.41, 5.74) is 1.93. The summed E-state index contributed by atoms with van der Waals surface area (Å²) in [4.78, 5) is 38.7. The zero-order chi connectivity index (χ0) is 21.5. The number of aromatic hydroxyl groups is 1. The Labute approximate surface area is 178 Å². The molecule has 5 heteroatoms. The number of hydrogen-bond donors (Lipinski definition) is 2. The van der Waals surface area contributed by atoms with Crippen molar-refractivity contribution in [3.05, 3.63) is 107 Å². The fourth-order valence-corrected chi connectivity index (χ4v) is 4.03. The number of fused-ring (bicyclic) bond motifs is 3. The minimum absolute atomic E-state index is 0.0316. The average Bonchev–Trinajstić information content (AvgIpc) is 2.78. The van der Waals surface area contributed by atoms with Crippen LogP contribution in [0.5, 0.6) is 5.75 Å². The van der Waals surface area contributed by atoms with E-state index in [1.165, 1.54) is 0 Å². The van der Waals surface area contributed by atoms with Gasteiger partial charge in [-0.25, -0.2) is 0 Å². The lowest BCUT2D eigenvalue weighted by Gasteiger charge is -2.20. The zero-order valence-corrected chi connectivity index (χ0v) is 16.4. The quantitative estimate of drug-likeness (QED) is 0.461. The van der Waals surface area contributed by atoms with Crippen molar-refractivity contribution in [2.45, 2.75) is 6.42 Å². The molecule has 0 fully saturated rings. The predicted molar refractivity (Wildman–Crippen MR) is 118 cm³/mol. The van der Waals surface area contributed by atoms with E-state index in [9.17, 15) is 19.5 Å². The lowest BCUT2D eigenvalue weighted by molar-refractivity contribution is -0.115. The number of carbonyl (C=O) groups is 3. The number of carbonyl (C=O) groups excluding carboxylic acids is 3. The summed E-state index contributed by atoms with van der Waals surface area (Å²) in [7, 11) is 0. The van der Waals surface area contributed by atoms with Gasteiger partial charge < -0.3 is 10.4 Å². The van der Waals surface area contributed by atoms with Crippen LogP contribution in [0.25, 0.3) is 10.8 Å². The highest BCUT2D eigenvalue weighted by atomic mass is 16.3. The maximum Gasteiger partial charge on any atom is 0.228 e. The Morgan fingerprint density at radius 3 is 2.10 bits per heavy atom. The van der Waals surface area contributed by atoms with Crippen LogP contribution < -0.4 is 5.32 Å². The van der Waals surface area contributed by atoms with E-state index < -0.39 is 5.91 Å². The molecule has 4 aromatic carbocycles. The summed E-state index contributed by atoms with van der Waals surface area (Å²) in [5, 5.41) is 14.9. The lowest BCUT2D eigenvalue weighted by Crippen LogP contribution is -2.24. The molecule has 0 aliphatic heterocycles. The Bertz CT molecular complexity index is 1400. The fourth-order valence-electron chi connectivity index (χ4n) is 4.03. The minimum Gasteiger partial charge on any atom is -0.508 e. The molecule has 1 aliphatic carbocycles. The van der Waals surface area contributed by atoms with Crippen LogP contribution in [0.3, 0.4) is 0 Å². The number of amides is 1. The van der Waals surface area contributed by atoms with Gasteiger partial charge in [-0.15, -0.1) is 0 Å². The Kier molecular flexibility index (Phi) is 4.37. The molecule has 0 spiro atoms. The molecule has 0 bridgehead atoms. The molecule has 1 aliphatic rings. The van der Waals surface area contributed by atoms with Crippen molar-refractivity contribution >= 4 is 33.9 Å². The van der Waals surface area contributed by atoms with E-state index in [0.29, 0.717) is 16.7 Å². The van der Waals surface area contributed by atoms with E-state index in [2.05, 4.69) is 5.32 Å². The van der Waals surface area contributed by atoms with Crippen molar-refractivity contribution in [3.63, 3.8) is 0 Å². The van der Waals surface area contributed by atoms with E-state index in [-0.39, 0.29) is 40.6 Å². The molecule has 31 heavy (non-hydrogen) atoms. The Hall–Kier alpha value is -4.25.